The zero-order valence-electron chi connectivity index (χ0n) is 12.8. The molecule has 0 spiro atoms. The number of nitrogens with zero attached hydrogens (tertiary/aromatic N) is 2. The molecule has 1 aromatic rings. The van der Waals surface area contributed by atoms with Gasteiger partial charge in [-0.2, -0.15) is 0 Å². The minimum Gasteiger partial charge on any atom is -0.385 e. The van der Waals surface area contributed by atoms with Crippen LogP contribution >= 0.6 is 0 Å². The number of carbonyl (C=O) groups is 1. The Labute approximate surface area is 125 Å². The number of amides is 1. The molecule has 1 amide bonds. The SMILES string of the molecule is CCNc1ccnc(C(=O)NC(C)CN2CCOCC2)c1. The van der Waals surface area contributed by atoms with E-state index in [9.17, 15) is 4.79 Å². The highest BCUT2D eigenvalue weighted by Crippen LogP contribution is 2.08. The largest absolute Gasteiger partial charge is 0.385 e. The highest BCUT2D eigenvalue weighted by atomic mass is 16.5. The molecular formula is C15H24N4O2. The molecule has 116 valence electrons. The summed E-state index contributed by atoms with van der Waals surface area (Å²) in [7, 11) is 0. The van der Waals surface area contributed by atoms with E-state index in [1.807, 2.05) is 19.9 Å². The fourth-order valence-electron chi connectivity index (χ4n) is 2.38. The lowest BCUT2D eigenvalue weighted by molar-refractivity contribution is 0.0342. The summed E-state index contributed by atoms with van der Waals surface area (Å²) in [6.45, 7) is 9.08. The van der Waals surface area contributed by atoms with Crippen molar-refractivity contribution in [1.29, 1.82) is 0 Å². The summed E-state index contributed by atoms with van der Waals surface area (Å²) in [4.78, 5) is 18.6. The summed E-state index contributed by atoms with van der Waals surface area (Å²) in [6.07, 6.45) is 1.65. The molecule has 2 N–H and O–H groups in total. The van der Waals surface area contributed by atoms with Crippen LogP contribution in [0.3, 0.4) is 0 Å². The third-order valence-corrected chi connectivity index (χ3v) is 3.39. The van der Waals surface area contributed by atoms with E-state index in [2.05, 4.69) is 20.5 Å². The highest BCUT2D eigenvalue weighted by Gasteiger charge is 2.16. The lowest BCUT2D eigenvalue weighted by Crippen LogP contribution is -2.46. The average Bonchev–Trinajstić information content (AvgIpc) is 2.48. The number of pyridine rings is 1. The van der Waals surface area contributed by atoms with Gasteiger partial charge in [0.15, 0.2) is 0 Å². The number of aromatic nitrogens is 1. The Morgan fingerprint density at radius 1 is 1.48 bits per heavy atom. The molecule has 2 heterocycles. The Bertz CT molecular complexity index is 461. The monoisotopic (exact) mass is 292 g/mol. The molecule has 1 saturated heterocycles. The van der Waals surface area contributed by atoms with E-state index in [-0.39, 0.29) is 11.9 Å². The van der Waals surface area contributed by atoms with Crippen LogP contribution in [-0.2, 0) is 4.74 Å². The van der Waals surface area contributed by atoms with Gasteiger partial charge in [-0.05, 0) is 26.0 Å². The zero-order valence-corrected chi connectivity index (χ0v) is 12.8. The molecule has 1 fully saturated rings. The van der Waals surface area contributed by atoms with Gasteiger partial charge >= 0.3 is 0 Å². The fourth-order valence-corrected chi connectivity index (χ4v) is 2.38. The van der Waals surface area contributed by atoms with Crippen LogP contribution in [0, 0.1) is 0 Å². The molecule has 1 aromatic heterocycles. The van der Waals surface area contributed by atoms with Crippen molar-refractivity contribution < 1.29 is 9.53 Å². The van der Waals surface area contributed by atoms with Gasteiger partial charge in [0, 0.05) is 44.1 Å². The van der Waals surface area contributed by atoms with E-state index >= 15 is 0 Å². The lowest BCUT2D eigenvalue weighted by Gasteiger charge is -2.29. The van der Waals surface area contributed by atoms with Gasteiger partial charge < -0.3 is 15.4 Å². The van der Waals surface area contributed by atoms with Gasteiger partial charge in [0.1, 0.15) is 5.69 Å². The molecule has 0 radical (unpaired) electrons. The second-order valence-electron chi connectivity index (χ2n) is 5.25. The summed E-state index contributed by atoms with van der Waals surface area (Å²) in [5.74, 6) is -0.129. The Balaban J connectivity index is 1.86. The maximum absolute atomic E-state index is 12.2. The van der Waals surface area contributed by atoms with E-state index in [4.69, 9.17) is 4.74 Å². The molecule has 0 aliphatic carbocycles. The van der Waals surface area contributed by atoms with Crippen LogP contribution in [0.4, 0.5) is 5.69 Å². The first kappa shape index (κ1) is 15.7. The first-order valence-electron chi connectivity index (χ1n) is 7.50. The topological polar surface area (TPSA) is 66.5 Å². The Morgan fingerprint density at radius 3 is 2.95 bits per heavy atom. The van der Waals surface area contributed by atoms with E-state index in [1.54, 1.807) is 12.3 Å². The van der Waals surface area contributed by atoms with Crippen molar-refractivity contribution in [1.82, 2.24) is 15.2 Å². The molecule has 1 aliphatic rings. The minimum absolute atomic E-state index is 0.0835. The third kappa shape index (κ3) is 4.99. The first-order chi connectivity index (χ1) is 10.2. The molecule has 6 heteroatoms. The van der Waals surface area contributed by atoms with Crippen molar-refractivity contribution in [3.63, 3.8) is 0 Å². The van der Waals surface area contributed by atoms with E-state index in [0.29, 0.717) is 5.69 Å². The van der Waals surface area contributed by atoms with Gasteiger partial charge in [0.05, 0.1) is 13.2 Å². The molecule has 1 unspecified atom stereocenters. The second-order valence-corrected chi connectivity index (χ2v) is 5.25. The Kier molecular flexibility index (Phi) is 5.95. The normalized spacial score (nSPS) is 17.2. The van der Waals surface area contributed by atoms with Crippen LogP contribution in [0.15, 0.2) is 18.3 Å². The maximum Gasteiger partial charge on any atom is 0.270 e. The van der Waals surface area contributed by atoms with Gasteiger partial charge in [-0.25, -0.2) is 0 Å². The van der Waals surface area contributed by atoms with Crippen LogP contribution in [-0.4, -0.2) is 61.2 Å². The third-order valence-electron chi connectivity index (χ3n) is 3.39. The van der Waals surface area contributed by atoms with E-state index in [0.717, 1.165) is 45.1 Å². The first-order valence-corrected chi connectivity index (χ1v) is 7.50. The number of ether oxygens (including phenoxy) is 1. The predicted molar refractivity (Wildman–Crippen MR) is 82.6 cm³/mol. The molecule has 2 rings (SSSR count). The minimum atomic E-state index is -0.129. The zero-order chi connectivity index (χ0) is 15.1. The fraction of sp³-hybridized carbons (Fsp3) is 0.600. The smallest absolute Gasteiger partial charge is 0.270 e. The number of carbonyl (C=O) groups excluding carboxylic acids is 1. The number of morpholine rings is 1. The summed E-state index contributed by atoms with van der Waals surface area (Å²) in [5, 5.41) is 6.18. The number of hydrogen-bond acceptors (Lipinski definition) is 5. The molecule has 1 aliphatic heterocycles. The summed E-state index contributed by atoms with van der Waals surface area (Å²) in [6, 6.07) is 3.72. The van der Waals surface area contributed by atoms with Crippen molar-refractivity contribution in [3.05, 3.63) is 24.0 Å². The van der Waals surface area contributed by atoms with Crippen LogP contribution in [0.25, 0.3) is 0 Å². The van der Waals surface area contributed by atoms with Crippen molar-refractivity contribution >= 4 is 11.6 Å². The lowest BCUT2D eigenvalue weighted by atomic mass is 10.2. The standard InChI is InChI=1S/C15H24N4O2/c1-3-16-13-4-5-17-14(10-13)15(20)18-12(2)11-19-6-8-21-9-7-19/h4-5,10,12H,3,6-9,11H2,1-2H3,(H,16,17)(H,18,20). The van der Waals surface area contributed by atoms with Gasteiger partial charge in [-0.1, -0.05) is 0 Å². The summed E-state index contributed by atoms with van der Waals surface area (Å²) in [5.41, 5.74) is 1.36. The van der Waals surface area contributed by atoms with Crippen molar-refractivity contribution in [2.45, 2.75) is 19.9 Å². The maximum atomic E-state index is 12.2. The van der Waals surface area contributed by atoms with Crippen molar-refractivity contribution in [2.75, 3.05) is 44.7 Å². The van der Waals surface area contributed by atoms with Crippen LogP contribution in [0.2, 0.25) is 0 Å². The molecule has 0 saturated carbocycles. The number of anilines is 1. The average molecular weight is 292 g/mol. The quantitative estimate of drug-likeness (QED) is 0.817. The van der Waals surface area contributed by atoms with Gasteiger partial charge in [0.25, 0.3) is 5.91 Å². The molecule has 0 bridgehead atoms. The van der Waals surface area contributed by atoms with Crippen molar-refractivity contribution in [2.24, 2.45) is 0 Å². The molecular weight excluding hydrogens is 268 g/mol. The Hall–Kier alpha value is -1.66. The van der Waals surface area contributed by atoms with Gasteiger partial charge in [-0.15, -0.1) is 0 Å². The van der Waals surface area contributed by atoms with E-state index in [1.165, 1.54) is 0 Å². The van der Waals surface area contributed by atoms with Crippen LogP contribution in [0.5, 0.6) is 0 Å². The summed E-state index contributed by atoms with van der Waals surface area (Å²) >= 11 is 0. The van der Waals surface area contributed by atoms with Gasteiger partial charge in [-0.3, -0.25) is 14.7 Å². The summed E-state index contributed by atoms with van der Waals surface area (Å²) < 4.78 is 5.32. The van der Waals surface area contributed by atoms with E-state index < -0.39 is 0 Å². The Morgan fingerprint density at radius 2 is 2.24 bits per heavy atom. The molecule has 0 aromatic carbocycles. The number of hydrogen-bond donors (Lipinski definition) is 2. The predicted octanol–water partition coefficient (Wildman–Crippen LogP) is 0.964. The second kappa shape index (κ2) is 7.95. The molecule has 6 nitrogen and oxygen atoms in total. The molecule has 21 heavy (non-hydrogen) atoms. The highest BCUT2D eigenvalue weighted by molar-refractivity contribution is 5.93. The molecule has 1 atom stereocenters. The van der Waals surface area contributed by atoms with Crippen LogP contribution < -0.4 is 10.6 Å². The van der Waals surface area contributed by atoms with Crippen LogP contribution in [0.1, 0.15) is 24.3 Å². The number of rotatable bonds is 6. The number of nitrogens with one attached hydrogen (secondary N) is 2. The van der Waals surface area contributed by atoms with Crippen molar-refractivity contribution in [3.8, 4) is 0 Å². The van der Waals surface area contributed by atoms with Gasteiger partial charge in [0.2, 0.25) is 0 Å².